The molecule has 0 saturated carbocycles. The smallest absolute Gasteiger partial charge is 0.251 e. The summed E-state index contributed by atoms with van der Waals surface area (Å²) in [7, 11) is 0. The fourth-order valence-corrected chi connectivity index (χ4v) is 3.15. The lowest BCUT2D eigenvalue weighted by molar-refractivity contribution is -0.144. The van der Waals surface area contributed by atoms with Crippen LogP contribution in [0.15, 0.2) is 0 Å². The van der Waals surface area contributed by atoms with E-state index in [4.69, 9.17) is 10.5 Å². The third-order valence-corrected chi connectivity index (χ3v) is 4.57. The normalized spacial score (nSPS) is 27.7. The van der Waals surface area contributed by atoms with Gasteiger partial charge in [0.15, 0.2) is 0 Å². The minimum atomic E-state index is -0.322. The molecule has 7 heteroatoms. The zero-order valence-corrected chi connectivity index (χ0v) is 14.9. The molecule has 3 N–H and O–H groups in total. The molecule has 2 fully saturated rings. The molecule has 2 rings (SSSR count). The van der Waals surface area contributed by atoms with Crippen LogP contribution in [-0.4, -0.2) is 55.1 Å². The van der Waals surface area contributed by atoms with Crippen LogP contribution in [-0.2, 0) is 14.3 Å². The lowest BCUT2D eigenvalue weighted by Gasteiger charge is -2.34. The van der Waals surface area contributed by atoms with E-state index in [-0.39, 0.29) is 42.3 Å². The van der Waals surface area contributed by atoms with E-state index in [1.54, 1.807) is 0 Å². The van der Waals surface area contributed by atoms with Gasteiger partial charge in [-0.1, -0.05) is 13.8 Å². The number of likely N-dealkylation sites (tertiary alicyclic amines) is 1. The Morgan fingerprint density at radius 3 is 2.65 bits per heavy atom. The molecule has 2 saturated heterocycles. The summed E-state index contributed by atoms with van der Waals surface area (Å²) in [6.45, 7) is 6.41. The van der Waals surface area contributed by atoms with E-state index in [0.29, 0.717) is 25.6 Å². The molecule has 2 aliphatic heterocycles. The van der Waals surface area contributed by atoms with Crippen LogP contribution < -0.4 is 11.1 Å². The zero-order valence-electron chi connectivity index (χ0n) is 14.1. The summed E-state index contributed by atoms with van der Waals surface area (Å²) < 4.78 is 5.70. The Kier molecular flexibility index (Phi) is 8.29. The Bertz CT molecular complexity index is 406. The highest BCUT2D eigenvalue weighted by Crippen LogP contribution is 2.23. The summed E-state index contributed by atoms with van der Waals surface area (Å²) in [6.07, 6.45) is 3.39. The van der Waals surface area contributed by atoms with E-state index in [1.807, 2.05) is 18.7 Å². The number of ether oxygens (including phenoxy) is 1. The molecule has 3 atom stereocenters. The number of carbonyl (C=O) groups excluding carboxylic acids is 2. The first-order chi connectivity index (χ1) is 10.5. The molecule has 0 aromatic heterocycles. The predicted molar refractivity (Wildman–Crippen MR) is 91.3 cm³/mol. The maximum absolute atomic E-state index is 12.5. The molecule has 0 aromatic rings. The van der Waals surface area contributed by atoms with Crippen molar-refractivity contribution >= 4 is 24.2 Å². The first-order valence-electron chi connectivity index (χ1n) is 8.43. The largest absolute Gasteiger partial charge is 0.364 e. The summed E-state index contributed by atoms with van der Waals surface area (Å²) in [5.41, 5.74) is 5.60. The number of piperidine rings is 1. The van der Waals surface area contributed by atoms with E-state index in [9.17, 15) is 9.59 Å². The molecular formula is C16H30ClN3O3. The molecule has 0 radical (unpaired) electrons. The summed E-state index contributed by atoms with van der Waals surface area (Å²) in [5.74, 6) is 0.512. The van der Waals surface area contributed by atoms with E-state index in [1.165, 1.54) is 0 Å². The second kappa shape index (κ2) is 9.45. The van der Waals surface area contributed by atoms with Gasteiger partial charge in [-0.2, -0.15) is 0 Å². The molecule has 2 heterocycles. The Hall–Kier alpha value is -0.850. The third kappa shape index (κ3) is 5.62. The minimum Gasteiger partial charge on any atom is -0.364 e. The van der Waals surface area contributed by atoms with Gasteiger partial charge in [0.25, 0.3) is 5.91 Å². The second-order valence-corrected chi connectivity index (χ2v) is 6.75. The summed E-state index contributed by atoms with van der Waals surface area (Å²) >= 11 is 0. The third-order valence-electron chi connectivity index (χ3n) is 4.57. The van der Waals surface area contributed by atoms with Crippen molar-refractivity contribution in [1.29, 1.82) is 0 Å². The highest BCUT2D eigenvalue weighted by atomic mass is 35.5. The molecular weight excluding hydrogens is 318 g/mol. The van der Waals surface area contributed by atoms with Gasteiger partial charge in [-0.3, -0.25) is 9.59 Å². The van der Waals surface area contributed by atoms with Crippen LogP contribution in [0.4, 0.5) is 0 Å². The van der Waals surface area contributed by atoms with Gasteiger partial charge in [-0.05, 0) is 31.6 Å². The lowest BCUT2D eigenvalue weighted by Crippen LogP contribution is -2.47. The van der Waals surface area contributed by atoms with Crippen LogP contribution >= 0.6 is 12.4 Å². The Morgan fingerprint density at radius 1 is 1.30 bits per heavy atom. The number of hydrogen-bond acceptors (Lipinski definition) is 4. The van der Waals surface area contributed by atoms with Crippen molar-refractivity contribution in [1.82, 2.24) is 10.2 Å². The van der Waals surface area contributed by atoms with Gasteiger partial charge in [0.2, 0.25) is 5.91 Å². The minimum absolute atomic E-state index is 0. The molecule has 23 heavy (non-hydrogen) atoms. The number of rotatable bonds is 5. The predicted octanol–water partition coefficient (Wildman–Crippen LogP) is 0.925. The molecule has 134 valence electrons. The van der Waals surface area contributed by atoms with Gasteiger partial charge in [0.1, 0.15) is 6.10 Å². The Balaban J connectivity index is 0.00000264. The highest BCUT2D eigenvalue weighted by Gasteiger charge is 2.34. The van der Waals surface area contributed by atoms with Crippen molar-refractivity contribution in [2.24, 2.45) is 17.6 Å². The van der Waals surface area contributed by atoms with Crippen molar-refractivity contribution in [2.45, 2.75) is 51.7 Å². The number of amides is 2. The van der Waals surface area contributed by atoms with Gasteiger partial charge < -0.3 is 20.7 Å². The van der Waals surface area contributed by atoms with Gasteiger partial charge >= 0.3 is 0 Å². The van der Waals surface area contributed by atoms with Crippen LogP contribution in [0, 0.1) is 11.8 Å². The molecule has 1 unspecified atom stereocenters. The quantitative estimate of drug-likeness (QED) is 0.774. The topological polar surface area (TPSA) is 84.7 Å². The molecule has 2 amide bonds. The first-order valence-corrected chi connectivity index (χ1v) is 8.43. The summed E-state index contributed by atoms with van der Waals surface area (Å²) in [6, 6.07) is 0. The number of nitrogens with one attached hydrogen (secondary N) is 1. The maximum Gasteiger partial charge on any atom is 0.251 e. The fourth-order valence-electron chi connectivity index (χ4n) is 3.15. The van der Waals surface area contributed by atoms with E-state index < -0.39 is 0 Å². The Morgan fingerprint density at radius 2 is 2.04 bits per heavy atom. The van der Waals surface area contributed by atoms with Crippen molar-refractivity contribution in [3.8, 4) is 0 Å². The monoisotopic (exact) mass is 347 g/mol. The average Bonchev–Trinajstić information content (AvgIpc) is 3.01. The first kappa shape index (κ1) is 20.2. The lowest BCUT2D eigenvalue weighted by atomic mass is 9.97. The van der Waals surface area contributed by atoms with Crippen molar-refractivity contribution in [3.63, 3.8) is 0 Å². The number of nitrogens with zero attached hydrogens (tertiary/aromatic N) is 1. The van der Waals surface area contributed by atoms with Gasteiger partial charge in [-0.15, -0.1) is 12.4 Å². The zero-order chi connectivity index (χ0) is 16.1. The molecule has 0 bridgehead atoms. The second-order valence-electron chi connectivity index (χ2n) is 6.75. The van der Waals surface area contributed by atoms with Crippen molar-refractivity contribution in [2.75, 3.05) is 26.2 Å². The standard InChI is InChI=1S/C16H29N3O3.ClH/c1-11(2)15(20)18-9-12-4-3-7-19(10-12)16(21)14-6-5-13(8-17)22-14;/h11-14H,3-10,17H2,1-2H3,(H,18,20);1H/t12?,13-,14+;/m1./s1. The summed E-state index contributed by atoms with van der Waals surface area (Å²) in [4.78, 5) is 26.1. The van der Waals surface area contributed by atoms with Gasteiger partial charge in [0.05, 0.1) is 6.10 Å². The number of carbonyl (C=O) groups is 2. The summed E-state index contributed by atoms with van der Waals surface area (Å²) in [5, 5.41) is 2.97. The van der Waals surface area contributed by atoms with Gasteiger partial charge in [-0.25, -0.2) is 0 Å². The van der Waals surface area contributed by atoms with Crippen molar-refractivity contribution < 1.29 is 14.3 Å². The van der Waals surface area contributed by atoms with E-state index in [2.05, 4.69) is 5.32 Å². The van der Waals surface area contributed by atoms with Crippen molar-refractivity contribution in [3.05, 3.63) is 0 Å². The molecule has 0 spiro atoms. The Labute approximate surface area is 144 Å². The SMILES string of the molecule is CC(C)C(=O)NCC1CCCN(C(=O)[C@@H]2CC[C@H](CN)O2)C1.Cl. The van der Waals surface area contributed by atoms with Gasteiger partial charge in [0, 0.05) is 32.1 Å². The number of halogens is 1. The van der Waals surface area contributed by atoms with Crippen LogP contribution in [0.1, 0.15) is 39.5 Å². The highest BCUT2D eigenvalue weighted by molar-refractivity contribution is 5.85. The number of hydrogen-bond donors (Lipinski definition) is 2. The number of nitrogens with two attached hydrogens (primary N) is 1. The van der Waals surface area contributed by atoms with Crippen LogP contribution in [0.25, 0.3) is 0 Å². The molecule has 6 nitrogen and oxygen atoms in total. The average molecular weight is 348 g/mol. The molecule has 2 aliphatic rings. The van der Waals surface area contributed by atoms with Crippen LogP contribution in [0.3, 0.4) is 0 Å². The van der Waals surface area contributed by atoms with E-state index >= 15 is 0 Å². The maximum atomic E-state index is 12.5. The molecule has 0 aliphatic carbocycles. The fraction of sp³-hybridized carbons (Fsp3) is 0.875. The molecule has 0 aromatic carbocycles. The van der Waals surface area contributed by atoms with Crippen LogP contribution in [0.2, 0.25) is 0 Å². The van der Waals surface area contributed by atoms with Crippen LogP contribution in [0.5, 0.6) is 0 Å². The van der Waals surface area contributed by atoms with E-state index in [0.717, 1.165) is 32.2 Å².